The van der Waals surface area contributed by atoms with E-state index in [9.17, 15) is 0 Å². The van der Waals surface area contributed by atoms with Crippen molar-refractivity contribution in [2.45, 2.75) is 19.0 Å². The van der Waals surface area contributed by atoms with Gasteiger partial charge in [-0.05, 0) is 18.2 Å². The molecule has 1 unspecified atom stereocenters. The van der Waals surface area contributed by atoms with Crippen LogP contribution in [0.3, 0.4) is 0 Å². The minimum Gasteiger partial charge on any atom is -0.497 e. The summed E-state index contributed by atoms with van der Waals surface area (Å²) in [6.45, 7) is 1.53. The van der Waals surface area contributed by atoms with Gasteiger partial charge >= 0.3 is 0 Å². The Labute approximate surface area is 116 Å². The highest BCUT2D eigenvalue weighted by molar-refractivity contribution is 7.07. The summed E-state index contributed by atoms with van der Waals surface area (Å²) < 4.78 is 11.0. The van der Waals surface area contributed by atoms with Crippen LogP contribution in [0.5, 0.6) is 11.5 Å². The van der Waals surface area contributed by atoms with E-state index in [4.69, 9.17) is 9.47 Å². The number of ether oxygens (including phenoxy) is 2. The van der Waals surface area contributed by atoms with Gasteiger partial charge in [0.15, 0.2) is 0 Å². The quantitative estimate of drug-likeness (QED) is 0.932. The smallest absolute Gasteiger partial charge is 0.124 e. The molecule has 1 aromatic carbocycles. The van der Waals surface area contributed by atoms with Gasteiger partial charge in [0.05, 0.1) is 24.9 Å². The second-order valence-corrected chi connectivity index (χ2v) is 5.17. The number of aromatic nitrogens is 1. The Morgan fingerprint density at radius 3 is 3.26 bits per heavy atom. The molecule has 1 atom stereocenters. The standard InChI is InChI=1S/C14H16N2O2S/c1-17-11-2-3-14-12(6-11)13(4-5-18-14)15-7-10-8-19-9-16-10/h2-3,6,8-9,13,15H,4-5,7H2,1H3. The first-order chi connectivity index (χ1) is 9.36. The van der Waals surface area contributed by atoms with Crippen molar-refractivity contribution in [2.75, 3.05) is 13.7 Å². The van der Waals surface area contributed by atoms with Crippen molar-refractivity contribution in [3.05, 3.63) is 40.3 Å². The maximum atomic E-state index is 5.68. The summed E-state index contributed by atoms with van der Waals surface area (Å²) in [5.74, 6) is 1.81. The lowest BCUT2D eigenvalue weighted by atomic mass is 10.00. The lowest BCUT2D eigenvalue weighted by Crippen LogP contribution is -2.26. The van der Waals surface area contributed by atoms with Gasteiger partial charge in [-0.1, -0.05) is 0 Å². The zero-order chi connectivity index (χ0) is 13.1. The van der Waals surface area contributed by atoms with Gasteiger partial charge in [0.2, 0.25) is 0 Å². The van der Waals surface area contributed by atoms with Crippen LogP contribution in [0, 0.1) is 0 Å². The summed E-state index contributed by atoms with van der Waals surface area (Å²) in [6, 6.07) is 6.25. The van der Waals surface area contributed by atoms with E-state index in [1.54, 1.807) is 18.4 Å². The summed E-state index contributed by atoms with van der Waals surface area (Å²) in [5, 5.41) is 5.61. The lowest BCUT2D eigenvalue weighted by Gasteiger charge is -2.27. The number of nitrogens with zero attached hydrogens (tertiary/aromatic N) is 1. The predicted octanol–water partition coefficient (Wildman–Crippen LogP) is 2.77. The Morgan fingerprint density at radius 1 is 1.53 bits per heavy atom. The van der Waals surface area contributed by atoms with Crippen molar-refractivity contribution >= 4 is 11.3 Å². The summed E-state index contributed by atoms with van der Waals surface area (Å²) >= 11 is 1.62. The minimum absolute atomic E-state index is 0.292. The van der Waals surface area contributed by atoms with E-state index in [0.29, 0.717) is 6.04 Å². The average molecular weight is 276 g/mol. The highest BCUT2D eigenvalue weighted by Crippen LogP contribution is 2.34. The van der Waals surface area contributed by atoms with Gasteiger partial charge in [-0.15, -0.1) is 11.3 Å². The Morgan fingerprint density at radius 2 is 2.47 bits per heavy atom. The maximum Gasteiger partial charge on any atom is 0.124 e. The van der Waals surface area contributed by atoms with Gasteiger partial charge in [-0.25, -0.2) is 4.98 Å². The molecule has 100 valence electrons. The van der Waals surface area contributed by atoms with Crippen molar-refractivity contribution < 1.29 is 9.47 Å². The molecule has 0 saturated carbocycles. The zero-order valence-corrected chi connectivity index (χ0v) is 11.6. The summed E-state index contributed by atoms with van der Waals surface area (Å²) in [6.07, 6.45) is 0.963. The fourth-order valence-electron chi connectivity index (χ4n) is 2.26. The molecule has 2 heterocycles. The summed E-state index contributed by atoms with van der Waals surface area (Å²) in [7, 11) is 1.68. The number of rotatable bonds is 4. The molecule has 2 aromatic rings. The molecule has 0 amide bonds. The van der Waals surface area contributed by atoms with Crippen LogP contribution in [-0.2, 0) is 6.54 Å². The fraction of sp³-hybridized carbons (Fsp3) is 0.357. The average Bonchev–Trinajstić information content (AvgIpc) is 2.97. The molecule has 3 rings (SSSR count). The van der Waals surface area contributed by atoms with Gasteiger partial charge in [0.1, 0.15) is 11.5 Å². The normalized spacial score (nSPS) is 17.6. The molecule has 4 nitrogen and oxygen atoms in total. The molecule has 0 bridgehead atoms. The monoisotopic (exact) mass is 276 g/mol. The van der Waals surface area contributed by atoms with E-state index in [1.807, 2.05) is 23.7 Å². The second kappa shape index (κ2) is 5.59. The van der Waals surface area contributed by atoms with E-state index >= 15 is 0 Å². The molecular formula is C14H16N2O2S. The number of benzene rings is 1. The van der Waals surface area contributed by atoms with Crippen LogP contribution in [0.4, 0.5) is 0 Å². The highest BCUT2D eigenvalue weighted by atomic mass is 32.1. The van der Waals surface area contributed by atoms with Gasteiger partial charge in [0.25, 0.3) is 0 Å². The predicted molar refractivity (Wildman–Crippen MR) is 74.8 cm³/mol. The summed E-state index contributed by atoms with van der Waals surface area (Å²) in [4.78, 5) is 4.29. The Bertz CT molecular complexity index is 542. The number of fused-ring (bicyclic) bond motifs is 1. The third kappa shape index (κ3) is 2.72. The Hall–Kier alpha value is -1.59. The minimum atomic E-state index is 0.292. The molecule has 1 N–H and O–H groups in total. The first-order valence-electron chi connectivity index (χ1n) is 6.28. The Balaban J connectivity index is 1.77. The molecule has 19 heavy (non-hydrogen) atoms. The number of methoxy groups -OCH3 is 1. The molecule has 1 aromatic heterocycles. The molecule has 1 aliphatic heterocycles. The van der Waals surface area contributed by atoms with Crippen LogP contribution in [-0.4, -0.2) is 18.7 Å². The summed E-state index contributed by atoms with van der Waals surface area (Å²) in [5.41, 5.74) is 4.11. The third-order valence-electron chi connectivity index (χ3n) is 3.27. The van der Waals surface area contributed by atoms with Crippen LogP contribution >= 0.6 is 11.3 Å². The Kier molecular flexibility index (Phi) is 3.66. The van der Waals surface area contributed by atoms with Crippen molar-refractivity contribution in [1.29, 1.82) is 0 Å². The van der Waals surface area contributed by atoms with Crippen molar-refractivity contribution in [3.63, 3.8) is 0 Å². The molecule has 0 spiro atoms. The van der Waals surface area contributed by atoms with E-state index in [-0.39, 0.29) is 0 Å². The van der Waals surface area contributed by atoms with Gasteiger partial charge in [-0.3, -0.25) is 0 Å². The highest BCUT2D eigenvalue weighted by Gasteiger charge is 2.21. The number of hydrogen-bond donors (Lipinski definition) is 1. The third-order valence-corrected chi connectivity index (χ3v) is 3.90. The molecule has 0 radical (unpaired) electrons. The van der Waals surface area contributed by atoms with E-state index in [2.05, 4.69) is 15.7 Å². The number of hydrogen-bond acceptors (Lipinski definition) is 5. The van der Waals surface area contributed by atoms with Crippen molar-refractivity contribution in [1.82, 2.24) is 10.3 Å². The van der Waals surface area contributed by atoms with Gasteiger partial charge < -0.3 is 14.8 Å². The van der Waals surface area contributed by atoms with E-state index < -0.39 is 0 Å². The molecular weight excluding hydrogens is 260 g/mol. The molecule has 0 aliphatic carbocycles. The molecule has 1 aliphatic rings. The molecule has 0 saturated heterocycles. The number of nitrogens with one attached hydrogen (secondary N) is 1. The SMILES string of the molecule is COc1ccc2c(c1)C(NCc1cscn1)CCO2. The van der Waals surface area contributed by atoms with Crippen LogP contribution in [0.1, 0.15) is 23.7 Å². The van der Waals surface area contributed by atoms with Crippen LogP contribution in [0.25, 0.3) is 0 Å². The molecule has 5 heteroatoms. The van der Waals surface area contributed by atoms with Gasteiger partial charge in [0, 0.05) is 30.0 Å². The molecule has 0 fully saturated rings. The number of thiazole rings is 1. The lowest BCUT2D eigenvalue weighted by molar-refractivity contribution is 0.251. The first-order valence-corrected chi connectivity index (χ1v) is 7.22. The van der Waals surface area contributed by atoms with Crippen molar-refractivity contribution in [2.24, 2.45) is 0 Å². The fourth-order valence-corrected chi connectivity index (χ4v) is 2.82. The topological polar surface area (TPSA) is 43.4 Å². The van der Waals surface area contributed by atoms with Crippen LogP contribution < -0.4 is 14.8 Å². The zero-order valence-electron chi connectivity index (χ0n) is 10.8. The van der Waals surface area contributed by atoms with E-state index in [1.165, 1.54) is 5.56 Å². The second-order valence-electron chi connectivity index (χ2n) is 4.45. The van der Waals surface area contributed by atoms with Crippen molar-refractivity contribution in [3.8, 4) is 11.5 Å². The van der Waals surface area contributed by atoms with Crippen LogP contribution in [0.15, 0.2) is 29.1 Å². The largest absolute Gasteiger partial charge is 0.497 e. The maximum absolute atomic E-state index is 5.68. The van der Waals surface area contributed by atoms with Gasteiger partial charge in [-0.2, -0.15) is 0 Å². The van der Waals surface area contributed by atoms with E-state index in [0.717, 1.165) is 36.8 Å². The van der Waals surface area contributed by atoms with Crippen LogP contribution in [0.2, 0.25) is 0 Å². The first kappa shape index (κ1) is 12.4.